The molecule has 0 spiro atoms. The third-order valence-corrected chi connectivity index (χ3v) is 4.17. The van der Waals surface area contributed by atoms with Crippen molar-refractivity contribution in [2.75, 3.05) is 16.0 Å². The maximum atomic E-state index is 12.2. The Bertz CT molecular complexity index is 1120. The third kappa shape index (κ3) is 3.90. The zero-order chi connectivity index (χ0) is 20.4. The number of aromatic nitrogens is 4. The number of carbonyl (C=O) groups is 2. The highest BCUT2D eigenvalue weighted by molar-refractivity contribution is 6.03. The number of carbonyl (C=O) groups excluding carboxylic acids is 2. The zero-order valence-electron chi connectivity index (χ0n) is 15.6. The van der Waals surface area contributed by atoms with Gasteiger partial charge in [0.15, 0.2) is 0 Å². The van der Waals surface area contributed by atoms with Crippen LogP contribution < -0.4 is 21.3 Å². The van der Waals surface area contributed by atoms with Crippen molar-refractivity contribution in [1.82, 2.24) is 25.1 Å². The molecular formula is C19H18N8O2. The fourth-order valence-corrected chi connectivity index (χ4v) is 2.89. The van der Waals surface area contributed by atoms with Crippen LogP contribution in [0.2, 0.25) is 0 Å². The van der Waals surface area contributed by atoms with Gasteiger partial charge in [-0.2, -0.15) is 10.1 Å². The van der Waals surface area contributed by atoms with Crippen LogP contribution >= 0.6 is 0 Å². The zero-order valence-corrected chi connectivity index (χ0v) is 15.6. The van der Waals surface area contributed by atoms with Crippen LogP contribution in [0.4, 0.5) is 28.8 Å². The molecule has 1 aliphatic rings. The first-order valence-electron chi connectivity index (χ1n) is 8.77. The highest BCUT2D eigenvalue weighted by Crippen LogP contribution is 2.27. The highest BCUT2D eigenvalue weighted by atomic mass is 16.2. The summed E-state index contributed by atoms with van der Waals surface area (Å²) in [5.41, 5.74) is 2.98. The highest BCUT2D eigenvalue weighted by Gasteiger charge is 2.27. The molecule has 29 heavy (non-hydrogen) atoms. The molecular weight excluding hydrogens is 372 g/mol. The summed E-state index contributed by atoms with van der Waals surface area (Å²) in [5, 5.41) is 15.8. The minimum atomic E-state index is -0.302. The van der Waals surface area contributed by atoms with Gasteiger partial charge in [-0.15, -0.1) is 0 Å². The van der Waals surface area contributed by atoms with E-state index in [1.165, 1.54) is 6.08 Å². The molecule has 4 N–H and O–H groups in total. The smallest absolute Gasteiger partial charge is 0.257 e. The standard InChI is InChI=1S/C19H18N8O2/c1-3-15(28)22-11-5-4-6-12(7-11)24-19-25-14-9-20-18(29)16(14)17(26-19)23-13-8-21-27(2)10-13/h3-8,10H,1,9H2,2H3,(H,20,29)(H,22,28)(H2,23,24,25,26). The Morgan fingerprint density at radius 2 is 2.07 bits per heavy atom. The molecule has 2 amide bonds. The summed E-state index contributed by atoms with van der Waals surface area (Å²) >= 11 is 0. The van der Waals surface area contributed by atoms with E-state index in [-0.39, 0.29) is 11.8 Å². The Labute approximate surface area is 166 Å². The molecule has 0 fully saturated rings. The van der Waals surface area contributed by atoms with E-state index < -0.39 is 0 Å². The Kier molecular flexibility index (Phi) is 4.65. The number of nitrogens with zero attached hydrogens (tertiary/aromatic N) is 4. The van der Waals surface area contributed by atoms with Gasteiger partial charge in [0.2, 0.25) is 11.9 Å². The lowest BCUT2D eigenvalue weighted by atomic mass is 10.2. The lowest BCUT2D eigenvalue weighted by Crippen LogP contribution is -2.14. The number of anilines is 5. The van der Waals surface area contributed by atoms with Crippen molar-refractivity contribution in [3.05, 3.63) is 60.6 Å². The number of hydrogen-bond donors (Lipinski definition) is 4. The van der Waals surface area contributed by atoms with E-state index in [0.717, 1.165) is 0 Å². The van der Waals surface area contributed by atoms with E-state index in [2.05, 4.69) is 42.9 Å². The van der Waals surface area contributed by atoms with Crippen molar-refractivity contribution in [3.63, 3.8) is 0 Å². The second-order valence-corrected chi connectivity index (χ2v) is 6.33. The number of rotatable bonds is 6. The molecule has 1 aromatic carbocycles. The van der Waals surface area contributed by atoms with E-state index >= 15 is 0 Å². The molecule has 0 aliphatic carbocycles. The lowest BCUT2D eigenvalue weighted by molar-refractivity contribution is -0.111. The first-order chi connectivity index (χ1) is 14.0. The predicted octanol–water partition coefficient (Wildman–Crippen LogP) is 2.07. The van der Waals surface area contributed by atoms with Gasteiger partial charge >= 0.3 is 0 Å². The number of hydrogen-bond acceptors (Lipinski definition) is 7. The largest absolute Gasteiger partial charge is 0.346 e. The topological polar surface area (TPSA) is 126 Å². The van der Waals surface area contributed by atoms with E-state index in [1.807, 2.05) is 6.07 Å². The Hall–Kier alpha value is -4.21. The van der Waals surface area contributed by atoms with Crippen molar-refractivity contribution in [2.24, 2.45) is 7.05 Å². The molecule has 10 nitrogen and oxygen atoms in total. The molecule has 2 aromatic heterocycles. The minimum Gasteiger partial charge on any atom is -0.346 e. The van der Waals surface area contributed by atoms with Gasteiger partial charge < -0.3 is 21.3 Å². The van der Waals surface area contributed by atoms with Gasteiger partial charge in [-0.25, -0.2) is 4.98 Å². The third-order valence-electron chi connectivity index (χ3n) is 4.17. The first kappa shape index (κ1) is 18.2. The van der Waals surface area contributed by atoms with Crippen LogP contribution in [0.3, 0.4) is 0 Å². The molecule has 4 rings (SSSR count). The molecule has 3 heterocycles. The van der Waals surface area contributed by atoms with Crippen molar-refractivity contribution in [2.45, 2.75) is 6.54 Å². The van der Waals surface area contributed by atoms with Gasteiger partial charge in [0.25, 0.3) is 5.91 Å². The van der Waals surface area contributed by atoms with Crippen LogP contribution in [0, 0.1) is 0 Å². The number of fused-ring (bicyclic) bond motifs is 1. The quantitative estimate of drug-likeness (QED) is 0.475. The predicted molar refractivity (Wildman–Crippen MR) is 108 cm³/mol. The first-order valence-corrected chi connectivity index (χ1v) is 8.77. The summed E-state index contributed by atoms with van der Waals surface area (Å²) in [6, 6.07) is 7.11. The van der Waals surface area contributed by atoms with Crippen molar-refractivity contribution in [1.29, 1.82) is 0 Å². The summed E-state index contributed by atoms with van der Waals surface area (Å²) in [6.45, 7) is 3.76. The Morgan fingerprint density at radius 3 is 2.83 bits per heavy atom. The summed E-state index contributed by atoms with van der Waals surface area (Å²) in [5.74, 6) is 0.172. The number of benzene rings is 1. The second kappa shape index (κ2) is 7.43. The average Bonchev–Trinajstić information content (AvgIpc) is 3.27. The van der Waals surface area contributed by atoms with Gasteiger partial charge in [0.1, 0.15) is 11.4 Å². The number of aryl methyl sites for hydroxylation is 1. The molecule has 1 aliphatic heterocycles. The van der Waals surface area contributed by atoms with Crippen LogP contribution in [0.5, 0.6) is 0 Å². The average molecular weight is 390 g/mol. The summed E-state index contributed by atoms with van der Waals surface area (Å²) < 4.78 is 1.64. The van der Waals surface area contributed by atoms with E-state index in [4.69, 9.17) is 0 Å². The van der Waals surface area contributed by atoms with Crippen molar-refractivity contribution < 1.29 is 9.59 Å². The molecule has 0 unspecified atom stereocenters. The molecule has 0 radical (unpaired) electrons. The van der Waals surface area contributed by atoms with E-state index in [9.17, 15) is 9.59 Å². The fourth-order valence-electron chi connectivity index (χ4n) is 2.89. The van der Waals surface area contributed by atoms with Crippen molar-refractivity contribution in [3.8, 4) is 0 Å². The second-order valence-electron chi connectivity index (χ2n) is 6.33. The molecule has 0 saturated heterocycles. The number of nitrogens with one attached hydrogen (secondary N) is 4. The van der Waals surface area contributed by atoms with Crippen LogP contribution in [-0.2, 0) is 18.4 Å². The normalized spacial score (nSPS) is 12.1. The Balaban J connectivity index is 1.64. The summed E-state index contributed by atoms with van der Waals surface area (Å²) in [7, 11) is 1.80. The van der Waals surface area contributed by atoms with E-state index in [1.54, 1.807) is 42.3 Å². The van der Waals surface area contributed by atoms with Crippen LogP contribution in [0.1, 0.15) is 16.1 Å². The van der Waals surface area contributed by atoms with Gasteiger partial charge in [0, 0.05) is 24.6 Å². The Morgan fingerprint density at radius 1 is 1.24 bits per heavy atom. The van der Waals surface area contributed by atoms with Crippen LogP contribution in [-0.4, -0.2) is 31.6 Å². The van der Waals surface area contributed by atoms with Crippen LogP contribution in [0.25, 0.3) is 0 Å². The molecule has 0 saturated carbocycles. The maximum absolute atomic E-state index is 12.2. The van der Waals surface area contributed by atoms with Gasteiger partial charge in [-0.3, -0.25) is 14.3 Å². The van der Waals surface area contributed by atoms with Gasteiger partial charge in [-0.1, -0.05) is 12.6 Å². The van der Waals surface area contributed by atoms with Gasteiger partial charge in [-0.05, 0) is 24.3 Å². The molecule has 0 atom stereocenters. The molecule has 0 bridgehead atoms. The van der Waals surface area contributed by atoms with Crippen molar-refractivity contribution >= 4 is 40.6 Å². The monoisotopic (exact) mass is 390 g/mol. The number of amides is 2. The minimum absolute atomic E-state index is 0.230. The van der Waals surface area contributed by atoms with Gasteiger partial charge in [0.05, 0.1) is 24.1 Å². The van der Waals surface area contributed by atoms with Crippen LogP contribution in [0.15, 0.2) is 49.3 Å². The lowest BCUT2D eigenvalue weighted by Gasteiger charge is -2.12. The fraction of sp³-hybridized carbons (Fsp3) is 0.105. The SMILES string of the molecule is C=CC(=O)Nc1cccc(Nc2nc3c(c(Nc4cnn(C)c4)n2)C(=O)NC3)c1. The molecule has 10 heteroatoms. The van der Waals surface area contributed by atoms with E-state index in [0.29, 0.717) is 46.6 Å². The summed E-state index contributed by atoms with van der Waals surface area (Å²) in [4.78, 5) is 32.6. The maximum Gasteiger partial charge on any atom is 0.257 e. The molecule has 3 aromatic rings. The molecule has 146 valence electrons. The summed E-state index contributed by atoms with van der Waals surface area (Å²) in [6.07, 6.45) is 4.62.